The maximum absolute atomic E-state index is 12.5. The quantitative estimate of drug-likeness (QED) is 0.727. The first kappa shape index (κ1) is 19.4. The summed E-state index contributed by atoms with van der Waals surface area (Å²) < 4.78 is 25.5. The first-order valence-corrected chi connectivity index (χ1v) is 8.94. The van der Waals surface area contributed by atoms with Crippen molar-refractivity contribution in [3.63, 3.8) is 0 Å². The van der Waals surface area contributed by atoms with Crippen LogP contribution in [0.1, 0.15) is 21.7 Å². The minimum Gasteiger partial charge on any atom is -0.321 e. The summed E-state index contributed by atoms with van der Waals surface area (Å²) in [6.07, 6.45) is 0.798. The van der Waals surface area contributed by atoms with E-state index in [1.54, 1.807) is 12.1 Å². The van der Waals surface area contributed by atoms with Crippen LogP contribution in [0.2, 0.25) is 0 Å². The van der Waals surface area contributed by atoms with Gasteiger partial charge in [-0.1, -0.05) is 6.07 Å². The number of carbonyl (C=O) groups excluding carboxylic acids is 1. The molecule has 0 atom stereocenters. The number of fused-ring (bicyclic) bond motifs is 1. The smallest absolute Gasteiger partial charge is 0.276 e. The van der Waals surface area contributed by atoms with Gasteiger partial charge in [-0.25, -0.2) is 12.7 Å². The van der Waals surface area contributed by atoms with Crippen LogP contribution in [0.25, 0.3) is 0 Å². The average molecular weight is 386 g/mol. The molecule has 136 valence electrons. The SMILES string of the molecule is CN(C)S(=O)(=O)c1cccc(NC(=O)c2n[nH]c3c2CNCC3)c1.Cl. The highest BCUT2D eigenvalue weighted by molar-refractivity contribution is 7.89. The van der Waals surface area contributed by atoms with Gasteiger partial charge in [-0.3, -0.25) is 9.89 Å². The number of H-pyrrole nitrogens is 1. The molecule has 2 heterocycles. The van der Waals surface area contributed by atoms with Crippen LogP contribution < -0.4 is 10.6 Å². The molecule has 0 bridgehead atoms. The minimum absolute atomic E-state index is 0. The van der Waals surface area contributed by atoms with E-state index in [2.05, 4.69) is 20.8 Å². The van der Waals surface area contributed by atoms with Gasteiger partial charge in [0.1, 0.15) is 0 Å². The number of nitrogens with one attached hydrogen (secondary N) is 3. The molecule has 0 aliphatic carbocycles. The van der Waals surface area contributed by atoms with Crippen LogP contribution in [-0.4, -0.2) is 49.5 Å². The highest BCUT2D eigenvalue weighted by Crippen LogP contribution is 2.20. The van der Waals surface area contributed by atoms with E-state index in [-0.39, 0.29) is 23.2 Å². The van der Waals surface area contributed by atoms with Crippen molar-refractivity contribution in [1.82, 2.24) is 19.8 Å². The van der Waals surface area contributed by atoms with Gasteiger partial charge in [-0.15, -0.1) is 12.4 Å². The number of anilines is 1. The third-order valence-corrected chi connectivity index (χ3v) is 5.70. The number of hydrogen-bond donors (Lipinski definition) is 3. The van der Waals surface area contributed by atoms with Crippen LogP contribution in [0.5, 0.6) is 0 Å². The van der Waals surface area contributed by atoms with Crippen molar-refractivity contribution in [1.29, 1.82) is 0 Å². The van der Waals surface area contributed by atoms with Crippen LogP contribution in [-0.2, 0) is 23.0 Å². The number of benzene rings is 1. The van der Waals surface area contributed by atoms with Crippen LogP contribution in [0.3, 0.4) is 0 Å². The van der Waals surface area contributed by atoms with Crippen molar-refractivity contribution < 1.29 is 13.2 Å². The predicted molar refractivity (Wildman–Crippen MR) is 96.5 cm³/mol. The average Bonchev–Trinajstić information content (AvgIpc) is 2.99. The molecular formula is C15H20ClN5O3S. The summed E-state index contributed by atoms with van der Waals surface area (Å²) >= 11 is 0. The van der Waals surface area contributed by atoms with Crippen LogP contribution in [0, 0.1) is 0 Å². The minimum atomic E-state index is -3.55. The van der Waals surface area contributed by atoms with Gasteiger partial charge in [0.15, 0.2) is 5.69 Å². The molecule has 8 nitrogen and oxygen atoms in total. The second-order valence-corrected chi connectivity index (χ2v) is 7.88. The summed E-state index contributed by atoms with van der Waals surface area (Å²) in [5.74, 6) is -0.365. The number of nitrogens with zero attached hydrogens (tertiary/aromatic N) is 2. The number of hydrogen-bond acceptors (Lipinski definition) is 5. The zero-order valence-electron chi connectivity index (χ0n) is 13.9. The Labute approximate surface area is 152 Å². The Hall–Kier alpha value is -1.94. The lowest BCUT2D eigenvalue weighted by Crippen LogP contribution is -2.25. The Morgan fingerprint density at radius 2 is 2.08 bits per heavy atom. The second kappa shape index (κ2) is 7.52. The van der Waals surface area contributed by atoms with E-state index in [9.17, 15) is 13.2 Å². The second-order valence-electron chi connectivity index (χ2n) is 5.73. The monoisotopic (exact) mass is 385 g/mol. The number of amides is 1. The maximum Gasteiger partial charge on any atom is 0.276 e. The standard InChI is InChI=1S/C15H19N5O3S.ClH/c1-20(2)24(22,23)11-5-3-4-10(8-11)17-15(21)14-12-9-16-7-6-13(12)18-19-14;/h3-5,8,16H,6-7,9H2,1-2H3,(H,17,21)(H,18,19);1H. The van der Waals surface area contributed by atoms with E-state index in [0.717, 1.165) is 28.5 Å². The number of aromatic nitrogens is 2. The Morgan fingerprint density at radius 1 is 1.32 bits per heavy atom. The van der Waals surface area contributed by atoms with Crippen LogP contribution in [0.15, 0.2) is 29.2 Å². The summed E-state index contributed by atoms with van der Waals surface area (Å²) in [7, 11) is -0.629. The van der Waals surface area contributed by atoms with Crippen LogP contribution in [0.4, 0.5) is 5.69 Å². The molecule has 0 saturated carbocycles. The molecule has 0 unspecified atom stereocenters. The molecule has 25 heavy (non-hydrogen) atoms. The molecule has 1 aromatic heterocycles. The van der Waals surface area contributed by atoms with Crippen LogP contribution >= 0.6 is 12.4 Å². The largest absolute Gasteiger partial charge is 0.321 e. The molecule has 1 amide bonds. The maximum atomic E-state index is 12.5. The fourth-order valence-electron chi connectivity index (χ4n) is 2.55. The molecule has 1 aliphatic heterocycles. The topological polar surface area (TPSA) is 107 Å². The molecule has 2 aromatic rings. The summed E-state index contributed by atoms with van der Waals surface area (Å²) in [6, 6.07) is 6.16. The van der Waals surface area contributed by atoms with Crippen molar-refractivity contribution in [3.05, 3.63) is 41.2 Å². The van der Waals surface area contributed by atoms with Crippen molar-refractivity contribution in [2.24, 2.45) is 0 Å². The first-order chi connectivity index (χ1) is 11.4. The van der Waals surface area contributed by atoms with E-state index >= 15 is 0 Å². The zero-order valence-corrected chi connectivity index (χ0v) is 15.5. The molecule has 0 saturated heterocycles. The Kier molecular flexibility index (Phi) is 5.83. The fourth-order valence-corrected chi connectivity index (χ4v) is 3.50. The number of aromatic amines is 1. The number of halogens is 1. The van der Waals surface area contributed by atoms with Gasteiger partial charge in [-0.05, 0) is 18.2 Å². The number of carbonyl (C=O) groups is 1. The van der Waals surface area contributed by atoms with Gasteiger partial charge in [0.2, 0.25) is 10.0 Å². The zero-order chi connectivity index (χ0) is 17.3. The molecule has 1 aliphatic rings. The summed E-state index contributed by atoms with van der Waals surface area (Å²) in [6.45, 7) is 1.43. The van der Waals surface area contributed by atoms with E-state index < -0.39 is 10.0 Å². The van der Waals surface area contributed by atoms with E-state index in [4.69, 9.17) is 0 Å². The molecule has 1 aromatic carbocycles. The van der Waals surface area contributed by atoms with Gasteiger partial charge < -0.3 is 10.6 Å². The van der Waals surface area contributed by atoms with Gasteiger partial charge in [0.25, 0.3) is 5.91 Å². The molecule has 0 spiro atoms. The molecule has 0 fully saturated rings. The summed E-state index contributed by atoms with van der Waals surface area (Å²) in [4.78, 5) is 12.6. The highest BCUT2D eigenvalue weighted by Gasteiger charge is 2.22. The molecular weight excluding hydrogens is 366 g/mol. The normalized spacial score (nSPS) is 13.9. The van der Waals surface area contributed by atoms with E-state index in [1.807, 2.05) is 0 Å². The molecule has 0 radical (unpaired) electrons. The molecule has 3 N–H and O–H groups in total. The van der Waals surface area contributed by atoms with Crippen molar-refractivity contribution in [3.8, 4) is 0 Å². The Bertz CT molecular complexity index is 879. The van der Waals surface area contributed by atoms with Crippen molar-refractivity contribution in [2.75, 3.05) is 26.0 Å². The molecule has 3 rings (SSSR count). The molecule has 10 heteroatoms. The predicted octanol–water partition coefficient (Wildman–Crippen LogP) is 0.980. The number of sulfonamides is 1. The van der Waals surface area contributed by atoms with E-state index in [0.29, 0.717) is 17.9 Å². The van der Waals surface area contributed by atoms with Gasteiger partial charge in [-0.2, -0.15) is 5.10 Å². The van der Waals surface area contributed by atoms with Gasteiger partial charge >= 0.3 is 0 Å². The fraction of sp³-hybridized carbons (Fsp3) is 0.333. The van der Waals surface area contributed by atoms with Crippen molar-refractivity contribution >= 4 is 34.0 Å². The van der Waals surface area contributed by atoms with Gasteiger partial charge in [0.05, 0.1) is 4.90 Å². The van der Waals surface area contributed by atoms with Crippen molar-refractivity contribution in [2.45, 2.75) is 17.9 Å². The lowest BCUT2D eigenvalue weighted by molar-refractivity contribution is 0.102. The third kappa shape index (κ3) is 3.84. The lowest BCUT2D eigenvalue weighted by Gasteiger charge is -2.14. The van der Waals surface area contributed by atoms with Gasteiger partial charge in [0, 0.05) is 50.6 Å². The van der Waals surface area contributed by atoms with E-state index in [1.165, 1.54) is 26.2 Å². The third-order valence-electron chi connectivity index (χ3n) is 3.89. The number of rotatable bonds is 4. The Balaban J connectivity index is 0.00000225. The summed E-state index contributed by atoms with van der Waals surface area (Å²) in [5.41, 5.74) is 2.56. The Morgan fingerprint density at radius 3 is 2.80 bits per heavy atom. The highest BCUT2D eigenvalue weighted by atomic mass is 35.5. The first-order valence-electron chi connectivity index (χ1n) is 7.50. The summed E-state index contributed by atoms with van der Waals surface area (Å²) in [5, 5.41) is 12.9. The lowest BCUT2D eigenvalue weighted by atomic mass is 10.1.